The highest BCUT2D eigenvalue weighted by Gasteiger charge is 2.88. The van der Waals surface area contributed by atoms with Crippen LogP contribution in [-0.2, 0) is 14.2 Å². The Balaban J connectivity index is 7.31. The lowest BCUT2D eigenvalue weighted by Crippen LogP contribution is -2.72. The third kappa shape index (κ3) is 6.54. The Hall–Kier alpha value is -1.51. The van der Waals surface area contributed by atoms with Gasteiger partial charge in [-0.25, -0.2) is 4.39 Å². The summed E-state index contributed by atoms with van der Waals surface area (Å²) in [6, 6.07) is 0. The fourth-order valence-electron chi connectivity index (χ4n) is 2.09. The lowest BCUT2D eigenvalue weighted by atomic mass is 10.2. The second-order valence-electron chi connectivity index (χ2n) is 8.46. The van der Waals surface area contributed by atoms with Crippen LogP contribution in [0.5, 0.6) is 0 Å². The van der Waals surface area contributed by atoms with Crippen LogP contribution in [0.15, 0.2) is 0 Å². The minimum atomic E-state index is -8.62. The molecule has 0 saturated heterocycles. The van der Waals surface area contributed by atoms with Crippen LogP contribution in [0, 0.1) is 0 Å². The average molecular weight is 690 g/mol. The van der Waals surface area contributed by atoms with Crippen LogP contribution in [0.3, 0.4) is 0 Å². The molecule has 0 aromatic carbocycles. The summed E-state index contributed by atoms with van der Waals surface area (Å²) < 4.78 is 308. The molecule has 0 aromatic rings. The molecule has 0 rings (SSSR count). The maximum atomic E-state index is 14.4. The topological polar surface area (TPSA) is 27.7 Å². The van der Waals surface area contributed by atoms with E-state index in [4.69, 9.17) is 0 Å². The van der Waals surface area contributed by atoms with Crippen molar-refractivity contribution in [2.24, 2.45) is 0 Å². The van der Waals surface area contributed by atoms with E-state index in [9.17, 15) is 101 Å². The smallest absolute Gasteiger partial charge is 0.273 e. The number of hydrogen-bond donors (Lipinski definition) is 0. The fourth-order valence-corrected chi connectivity index (χ4v) is 3.38. The van der Waals surface area contributed by atoms with Crippen molar-refractivity contribution in [3.05, 3.63) is 0 Å². The van der Waals surface area contributed by atoms with Gasteiger partial charge in [-0.05, 0) is 0 Å². The van der Waals surface area contributed by atoms with Gasteiger partial charge in [-0.1, -0.05) is 19.6 Å². The van der Waals surface area contributed by atoms with E-state index in [0.29, 0.717) is 0 Å². The molecule has 3 unspecified atom stereocenters. The highest BCUT2D eigenvalue weighted by Crippen LogP contribution is 2.59. The minimum Gasteiger partial charge on any atom is -0.273 e. The fraction of sp³-hybridized carbons (Fsp3) is 1.00. The van der Waals surface area contributed by atoms with Crippen LogP contribution >= 0.6 is 0 Å². The maximum absolute atomic E-state index is 14.4. The van der Waals surface area contributed by atoms with Crippen molar-refractivity contribution in [1.82, 2.24) is 0 Å². The molecule has 248 valence electrons. The van der Waals surface area contributed by atoms with Crippen molar-refractivity contribution in [2.75, 3.05) is 0 Å². The number of ether oxygens (including phenoxy) is 3. The van der Waals surface area contributed by atoms with Gasteiger partial charge in [0.05, 0.1) is 0 Å². The molecule has 0 saturated carbocycles. The van der Waals surface area contributed by atoms with E-state index in [2.05, 4.69) is 4.74 Å². The second kappa shape index (κ2) is 10.0. The average Bonchev–Trinajstić information content (AvgIpc) is 2.61. The Morgan fingerprint density at radius 1 is 0.341 bits per heavy atom. The zero-order chi connectivity index (χ0) is 34.1. The molecule has 0 radical (unpaired) electrons. The first-order valence-corrected chi connectivity index (χ1v) is 12.6. The van der Waals surface area contributed by atoms with Crippen molar-refractivity contribution in [1.29, 1.82) is 0 Å². The van der Waals surface area contributed by atoms with Crippen molar-refractivity contribution < 1.29 is 115 Å². The van der Waals surface area contributed by atoms with Gasteiger partial charge in [0.25, 0.3) is 5.48 Å². The number of alkyl halides is 23. The lowest BCUT2D eigenvalue weighted by molar-refractivity contribution is -0.577. The van der Waals surface area contributed by atoms with Gasteiger partial charge in [0.2, 0.25) is 0 Å². The van der Waals surface area contributed by atoms with Gasteiger partial charge in [0.15, 0.2) is 0 Å². The zero-order valence-corrected chi connectivity index (χ0v) is 19.9. The number of rotatable bonds is 10. The molecular weight excluding hydrogens is 681 g/mol. The van der Waals surface area contributed by atoms with Crippen LogP contribution in [0.1, 0.15) is 0 Å². The molecule has 0 heterocycles. The highest BCUT2D eigenvalue weighted by atomic mass is 28.3. The lowest BCUT2D eigenvalue weighted by Gasteiger charge is -2.44. The first kappa shape index (κ1) is 39.5. The molecule has 0 aliphatic carbocycles. The summed E-state index contributed by atoms with van der Waals surface area (Å²) in [5.41, 5.74) is -6.18. The molecule has 0 N–H and O–H groups in total. The summed E-state index contributed by atoms with van der Waals surface area (Å²) in [5.74, 6) is -25.1. The van der Waals surface area contributed by atoms with E-state index in [0.717, 1.165) is 4.74 Å². The Kier molecular flexibility index (Phi) is 9.65. The number of halogens is 23. The van der Waals surface area contributed by atoms with Crippen LogP contribution in [0.25, 0.3) is 0 Å². The molecule has 41 heavy (non-hydrogen) atoms. The molecule has 0 bridgehead atoms. The van der Waals surface area contributed by atoms with Crippen LogP contribution < -0.4 is 0 Å². The van der Waals surface area contributed by atoms with E-state index >= 15 is 0 Å². The Morgan fingerprint density at radius 3 is 0.829 bits per heavy atom. The SMILES string of the molecule is C[Si](C)(C)C(F)(OC(F)(F)C(F)(OC(F)(F)C(F)(OC(F)(F)C(F)(F)C(F)(F)F)C(F)(F)F)C(F)(F)F)C(F)(F)F. The summed E-state index contributed by atoms with van der Waals surface area (Å²) in [4.78, 5) is 0. The van der Waals surface area contributed by atoms with E-state index in [-0.39, 0.29) is 19.6 Å². The first-order chi connectivity index (χ1) is 17.1. The van der Waals surface area contributed by atoms with Gasteiger partial charge in [-0.3, -0.25) is 14.2 Å². The van der Waals surface area contributed by atoms with Gasteiger partial charge >= 0.3 is 60.7 Å². The van der Waals surface area contributed by atoms with E-state index in [1.54, 1.807) is 0 Å². The van der Waals surface area contributed by atoms with Gasteiger partial charge in [0.1, 0.15) is 8.07 Å². The number of hydrogen-bond acceptors (Lipinski definition) is 3. The van der Waals surface area contributed by atoms with Crippen molar-refractivity contribution in [3.8, 4) is 0 Å². The van der Waals surface area contributed by atoms with Crippen molar-refractivity contribution >= 4 is 8.07 Å². The molecule has 0 fully saturated rings. The summed E-state index contributed by atoms with van der Waals surface area (Å²) >= 11 is 0. The van der Waals surface area contributed by atoms with Gasteiger partial charge in [-0.15, -0.1) is 0 Å². The Labute approximate surface area is 210 Å². The predicted molar refractivity (Wildman–Crippen MR) is 82.1 cm³/mol. The van der Waals surface area contributed by atoms with Crippen molar-refractivity contribution in [3.63, 3.8) is 0 Å². The maximum Gasteiger partial charge on any atom is 0.462 e. The quantitative estimate of drug-likeness (QED) is 0.170. The van der Waals surface area contributed by atoms with Crippen LogP contribution in [-0.4, -0.2) is 74.2 Å². The predicted octanol–water partition coefficient (Wildman–Crippen LogP) is 8.57. The molecule has 0 amide bonds. The van der Waals surface area contributed by atoms with Gasteiger partial charge in [0, 0.05) is 0 Å². The summed E-state index contributed by atoms with van der Waals surface area (Å²) in [5, 5.41) is 0. The van der Waals surface area contributed by atoms with Crippen LogP contribution in [0.2, 0.25) is 19.6 Å². The molecular formula is C14H9F23O3Si. The summed E-state index contributed by atoms with van der Waals surface area (Å²) in [6.45, 7) is -0.0223. The van der Waals surface area contributed by atoms with E-state index in [1.165, 1.54) is 4.74 Å². The monoisotopic (exact) mass is 690 g/mol. The van der Waals surface area contributed by atoms with E-state index in [1.807, 2.05) is 0 Å². The van der Waals surface area contributed by atoms with E-state index < -0.39 is 74.2 Å². The molecule has 3 nitrogen and oxygen atoms in total. The molecule has 0 aliphatic rings. The van der Waals surface area contributed by atoms with Crippen molar-refractivity contribution in [2.45, 2.75) is 85.8 Å². The zero-order valence-electron chi connectivity index (χ0n) is 18.9. The Bertz CT molecular complexity index is 912. The summed E-state index contributed by atoms with van der Waals surface area (Å²) in [6.07, 6.45) is -56.3. The minimum absolute atomic E-state index is 0.00742. The highest BCUT2D eigenvalue weighted by molar-refractivity contribution is 6.78. The molecule has 0 spiro atoms. The molecule has 0 aliphatic heterocycles. The Morgan fingerprint density at radius 2 is 0.610 bits per heavy atom. The van der Waals surface area contributed by atoms with Crippen LogP contribution in [0.4, 0.5) is 101 Å². The van der Waals surface area contributed by atoms with Gasteiger partial charge in [-0.2, -0.15) is 96.6 Å². The standard InChI is InChI=1S/C14H9F23O3Si/c1-41(2,3)14(37,10(28,29)30)40-13(35,36)6(18,9(25,26)27)39-12(33,34)5(17,8(22,23)24)38-11(31,32)4(15,16)7(19,20)21/h1-3H3. The third-order valence-electron chi connectivity index (χ3n) is 4.34. The second-order valence-corrected chi connectivity index (χ2v) is 13.6. The first-order valence-electron chi connectivity index (χ1n) is 9.07. The summed E-state index contributed by atoms with van der Waals surface area (Å²) in [7, 11) is -5.33. The molecule has 27 heteroatoms. The largest absolute Gasteiger partial charge is 0.462 e. The normalized spacial score (nSPS) is 20.3. The molecule has 3 atom stereocenters. The van der Waals surface area contributed by atoms with Gasteiger partial charge < -0.3 is 0 Å². The third-order valence-corrected chi connectivity index (χ3v) is 6.65. The molecule has 0 aromatic heterocycles.